The molecular formula is C36H34O2Si. The third-order valence-corrected chi connectivity index (χ3v) is 13.8. The van der Waals surface area contributed by atoms with E-state index in [4.69, 9.17) is 9.16 Å². The quantitative estimate of drug-likeness (QED) is 0.213. The minimum Gasteiger partial charge on any atom is -0.543 e. The van der Waals surface area contributed by atoms with Gasteiger partial charge in [-0.05, 0) is 92.3 Å². The largest absolute Gasteiger partial charge is 0.543 e. The molecule has 0 aliphatic heterocycles. The van der Waals surface area contributed by atoms with E-state index < -0.39 is 13.7 Å². The summed E-state index contributed by atoms with van der Waals surface area (Å²) in [6.45, 7) is 11.6. The van der Waals surface area contributed by atoms with Crippen molar-refractivity contribution >= 4 is 19.1 Å². The number of hydrogen-bond acceptors (Lipinski definition) is 2. The van der Waals surface area contributed by atoms with Gasteiger partial charge in [-0.1, -0.05) is 93.6 Å². The zero-order chi connectivity index (χ0) is 27.2. The average Bonchev–Trinajstić information content (AvgIpc) is 3.39. The molecule has 3 heteroatoms. The first-order valence-corrected chi connectivity index (χ1v) is 16.7. The highest BCUT2D eigenvalue weighted by molar-refractivity contribution is 6.74. The van der Waals surface area contributed by atoms with E-state index in [2.05, 4.69) is 131 Å². The molecule has 0 radical (unpaired) electrons. The highest BCUT2D eigenvalue weighted by Gasteiger charge is 2.52. The van der Waals surface area contributed by atoms with Crippen molar-refractivity contribution in [3.63, 3.8) is 0 Å². The molecule has 0 bridgehead atoms. The predicted molar refractivity (Wildman–Crippen MR) is 165 cm³/mol. The Hall–Kier alpha value is -3.82. The van der Waals surface area contributed by atoms with Crippen molar-refractivity contribution in [2.45, 2.75) is 44.3 Å². The first-order chi connectivity index (χ1) is 18.7. The number of rotatable bonds is 3. The van der Waals surface area contributed by atoms with Crippen LogP contribution in [0.4, 0.5) is 0 Å². The SMILES string of the molecule is COc1ccc2c3c(cc(O[Si](C)(C)C(C)(C)C)c2c1)C1(c2ccccc2-c2ccccc21)c1ccccc1-3. The standard InChI is InChI=1S/C36H34O2Si/c1-35(2,3)39(5,6)38-33-22-32-34(26-20-19-23(37-4)21-28(26)33)27-15-9-12-18-31(27)36(32)29-16-10-7-13-24(29)25-14-8-11-17-30(25)36/h7-22H,1-6H3. The monoisotopic (exact) mass is 526 g/mol. The molecule has 0 heterocycles. The van der Waals surface area contributed by atoms with Crippen LogP contribution < -0.4 is 9.16 Å². The predicted octanol–water partition coefficient (Wildman–Crippen LogP) is 9.58. The van der Waals surface area contributed by atoms with Gasteiger partial charge in [0.1, 0.15) is 11.5 Å². The van der Waals surface area contributed by atoms with Gasteiger partial charge in [0.2, 0.25) is 0 Å². The van der Waals surface area contributed by atoms with Crippen molar-refractivity contribution in [2.75, 3.05) is 7.11 Å². The Bertz CT molecular complexity index is 1750. The molecule has 2 aliphatic carbocycles. The summed E-state index contributed by atoms with van der Waals surface area (Å²) in [7, 11) is -0.403. The van der Waals surface area contributed by atoms with Crippen LogP contribution in [0.3, 0.4) is 0 Å². The molecule has 5 aromatic rings. The van der Waals surface area contributed by atoms with Crippen molar-refractivity contribution in [1.29, 1.82) is 0 Å². The lowest BCUT2D eigenvalue weighted by Gasteiger charge is -2.37. The molecule has 1 spiro atoms. The van der Waals surface area contributed by atoms with Crippen molar-refractivity contribution in [1.82, 2.24) is 0 Å². The summed E-state index contributed by atoms with van der Waals surface area (Å²) in [4.78, 5) is 0. The molecule has 0 amide bonds. The number of ether oxygens (including phenoxy) is 1. The Labute approximate surface area is 232 Å². The van der Waals surface area contributed by atoms with Crippen molar-refractivity contribution in [3.8, 4) is 33.8 Å². The fourth-order valence-corrected chi connectivity index (χ4v) is 7.61. The summed E-state index contributed by atoms with van der Waals surface area (Å²) in [5.74, 6) is 1.81. The van der Waals surface area contributed by atoms with Gasteiger partial charge in [-0.25, -0.2) is 0 Å². The second-order valence-electron chi connectivity index (χ2n) is 12.5. The van der Waals surface area contributed by atoms with Gasteiger partial charge in [0.15, 0.2) is 0 Å². The Morgan fingerprint density at radius 2 is 1.15 bits per heavy atom. The molecule has 0 aromatic heterocycles. The van der Waals surface area contributed by atoms with E-state index >= 15 is 0 Å². The second kappa shape index (κ2) is 8.09. The van der Waals surface area contributed by atoms with Gasteiger partial charge in [0, 0.05) is 5.39 Å². The van der Waals surface area contributed by atoms with E-state index in [1.54, 1.807) is 7.11 Å². The fourth-order valence-electron chi connectivity index (χ4n) is 6.59. The van der Waals surface area contributed by atoms with E-state index in [9.17, 15) is 0 Å². The summed E-state index contributed by atoms with van der Waals surface area (Å²) in [6.07, 6.45) is 0. The normalized spacial score (nSPS) is 14.6. The van der Waals surface area contributed by atoms with Gasteiger partial charge >= 0.3 is 0 Å². The van der Waals surface area contributed by atoms with Crippen LogP contribution in [0.5, 0.6) is 11.5 Å². The zero-order valence-electron chi connectivity index (χ0n) is 23.6. The fraction of sp³-hybridized carbons (Fsp3) is 0.222. The lowest BCUT2D eigenvalue weighted by Crippen LogP contribution is -2.44. The minimum atomic E-state index is -2.14. The number of methoxy groups -OCH3 is 1. The molecule has 0 unspecified atom stereocenters. The molecule has 194 valence electrons. The summed E-state index contributed by atoms with van der Waals surface area (Å²) >= 11 is 0. The first-order valence-electron chi connectivity index (χ1n) is 13.8. The van der Waals surface area contributed by atoms with E-state index in [1.165, 1.54) is 49.9 Å². The minimum absolute atomic E-state index is 0.0738. The molecule has 39 heavy (non-hydrogen) atoms. The molecule has 2 nitrogen and oxygen atoms in total. The van der Waals surface area contributed by atoms with Crippen LogP contribution in [-0.4, -0.2) is 15.4 Å². The van der Waals surface area contributed by atoms with Crippen LogP contribution in [0.2, 0.25) is 18.1 Å². The molecule has 0 saturated heterocycles. The van der Waals surface area contributed by atoms with Gasteiger partial charge < -0.3 is 9.16 Å². The average molecular weight is 527 g/mol. The van der Waals surface area contributed by atoms with Crippen molar-refractivity contribution in [3.05, 3.63) is 119 Å². The zero-order valence-corrected chi connectivity index (χ0v) is 24.6. The Balaban J connectivity index is 1.65. The molecule has 0 atom stereocenters. The highest BCUT2D eigenvalue weighted by atomic mass is 28.4. The maximum absolute atomic E-state index is 7.17. The maximum atomic E-state index is 7.17. The Morgan fingerprint density at radius 1 is 0.615 bits per heavy atom. The first kappa shape index (κ1) is 24.2. The molecular weight excluding hydrogens is 492 g/mol. The highest BCUT2D eigenvalue weighted by Crippen LogP contribution is 2.64. The van der Waals surface area contributed by atoms with Gasteiger partial charge in [-0.3, -0.25) is 0 Å². The van der Waals surface area contributed by atoms with Crippen LogP contribution in [0.1, 0.15) is 43.0 Å². The van der Waals surface area contributed by atoms with Crippen molar-refractivity contribution < 1.29 is 9.16 Å². The maximum Gasteiger partial charge on any atom is 0.250 e. The topological polar surface area (TPSA) is 18.5 Å². The molecule has 0 N–H and O–H groups in total. The van der Waals surface area contributed by atoms with Crippen molar-refractivity contribution in [2.24, 2.45) is 0 Å². The van der Waals surface area contributed by atoms with Crippen LogP contribution in [0.15, 0.2) is 97.1 Å². The Morgan fingerprint density at radius 3 is 1.72 bits per heavy atom. The van der Waals surface area contributed by atoms with E-state index in [0.717, 1.165) is 16.9 Å². The summed E-state index contributed by atoms with van der Waals surface area (Å²) in [5.41, 5.74) is 10.2. The van der Waals surface area contributed by atoms with E-state index in [1.807, 2.05) is 0 Å². The van der Waals surface area contributed by atoms with E-state index in [0.29, 0.717) is 0 Å². The van der Waals surface area contributed by atoms with Crippen LogP contribution >= 0.6 is 0 Å². The molecule has 0 saturated carbocycles. The van der Waals surface area contributed by atoms with Crippen LogP contribution in [0.25, 0.3) is 33.0 Å². The summed E-state index contributed by atoms with van der Waals surface area (Å²) in [6, 6.07) is 35.7. The molecule has 2 aliphatic rings. The third kappa shape index (κ3) is 3.14. The second-order valence-corrected chi connectivity index (χ2v) is 17.2. The van der Waals surface area contributed by atoms with Gasteiger partial charge in [-0.2, -0.15) is 0 Å². The van der Waals surface area contributed by atoms with Gasteiger partial charge in [0.25, 0.3) is 8.32 Å². The lowest BCUT2D eigenvalue weighted by molar-refractivity contribution is 0.415. The van der Waals surface area contributed by atoms with Crippen LogP contribution in [0, 0.1) is 0 Å². The van der Waals surface area contributed by atoms with Crippen LogP contribution in [-0.2, 0) is 5.41 Å². The van der Waals surface area contributed by atoms with E-state index in [-0.39, 0.29) is 5.04 Å². The molecule has 7 rings (SSSR count). The third-order valence-electron chi connectivity index (χ3n) is 9.43. The number of hydrogen-bond donors (Lipinski definition) is 0. The number of fused-ring (bicyclic) bond motifs is 12. The molecule has 0 fully saturated rings. The summed E-state index contributed by atoms with van der Waals surface area (Å²) < 4.78 is 12.9. The van der Waals surface area contributed by atoms with Gasteiger partial charge in [-0.15, -0.1) is 0 Å². The number of benzene rings is 5. The smallest absolute Gasteiger partial charge is 0.250 e. The lowest BCUT2D eigenvalue weighted by atomic mass is 9.70. The van der Waals surface area contributed by atoms with Gasteiger partial charge in [0.05, 0.1) is 12.5 Å². The Kier molecular flexibility index (Phi) is 5.03. The molecule has 5 aromatic carbocycles. The summed E-state index contributed by atoms with van der Waals surface area (Å²) in [5, 5.41) is 2.40.